The highest BCUT2D eigenvalue weighted by Gasteiger charge is 1.97. The van der Waals surface area contributed by atoms with Gasteiger partial charge in [-0.1, -0.05) is 13.0 Å². The van der Waals surface area contributed by atoms with Crippen LogP contribution < -0.4 is 0 Å². The quantitative estimate of drug-likeness (QED) is 0.682. The summed E-state index contributed by atoms with van der Waals surface area (Å²) in [4.78, 5) is 1.14. The van der Waals surface area contributed by atoms with Gasteiger partial charge in [-0.15, -0.1) is 11.3 Å². The second-order valence-electron chi connectivity index (χ2n) is 2.09. The smallest absolute Gasteiger partial charge is 0.191 e. The van der Waals surface area contributed by atoms with E-state index in [0.29, 0.717) is 12.8 Å². The maximum atomic E-state index is 10.9. The molecule has 0 amide bonds. The summed E-state index contributed by atoms with van der Waals surface area (Å²) >= 11 is 1.63. The first kappa shape index (κ1) is 8.98. The standard InChI is InChI=1S/C7H11O2PS/c1-2-10(8)9-6-7-4-3-5-11-7/h3-5,10H,2,6H2,1H3. The van der Waals surface area contributed by atoms with E-state index in [1.54, 1.807) is 11.3 Å². The molecular formula is C7H11O2PS. The predicted octanol–water partition coefficient (Wildman–Crippen LogP) is 2.76. The number of hydrogen-bond acceptors (Lipinski definition) is 3. The molecule has 0 aliphatic carbocycles. The van der Waals surface area contributed by atoms with Gasteiger partial charge in [0.05, 0.1) is 6.61 Å². The zero-order chi connectivity index (χ0) is 8.10. The Labute approximate surface area is 71.1 Å². The summed E-state index contributed by atoms with van der Waals surface area (Å²) in [5.74, 6) is 0. The van der Waals surface area contributed by atoms with Crippen molar-refractivity contribution in [3.8, 4) is 0 Å². The topological polar surface area (TPSA) is 26.3 Å². The van der Waals surface area contributed by atoms with Gasteiger partial charge in [-0.2, -0.15) is 0 Å². The van der Waals surface area contributed by atoms with E-state index >= 15 is 0 Å². The molecule has 11 heavy (non-hydrogen) atoms. The Balaban J connectivity index is 2.29. The van der Waals surface area contributed by atoms with Crippen LogP contribution in [0.15, 0.2) is 17.5 Å². The van der Waals surface area contributed by atoms with Gasteiger partial charge in [-0.3, -0.25) is 4.57 Å². The highest BCUT2D eigenvalue weighted by atomic mass is 32.1. The van der Waals surface area contributed by atoms with E-state index in [0.717, 1.165) is 4.88 Å². The maximum Gasteiger partial charge on any atom is 0.191 e. The molecule has 4 heteroatoms. The van der Waals surface area contributed by atoms with Crippen LogP contribution in [0, 0.1) is 0 Å². The monoisotopic (exact) mass is 190 g/mol. The van der Waals surface area contributed by atoms with Crippen LogP contribution in [0.25, 0.3) is 0 Å². The first-order chi connectivity index (χ1) is 5.33. The summed E-state index contributed by atoms with van der Waals surface area (Å²) in [6.45, 7) is 2.37. The summed E-state index contributed by atoms with van der Waals surface area (Å²) in [5, 5.41) is 1.99. The Hall–Kier alpha value is -0.110. The van der Waals surface area contributed by atoms with Crippen molar-refractivity contribution in [3.05, 3.63) is 22.4 Å². The molecule has 1 unspecified atom stereocenters. The van der Waals surface area contributed by atoms with Gasteiger partial charge in [0.2, 0.25) is 0 Å². The molecule has 2 nitrogen and oxygen atoms in total. The summed E-state index contributed by atoms with van der Waals surface area (Å²) in [6.07, 6.45) is 0.635. The van der Waals surface area contributed by atoms with Crippen molar-refractivity contribution in [2.75, 3.05) is 6.16 Å². The van der Waals surface area contributed by atoms with E-state index < -0.39 is 8.03 Å². The minimum absolute atomic E-state index is 0.503. The average molecular weight is 190 g/mol. The molecule has 0 aliphatic rings. The fourth-order valence-corrected chi connectivity index (χ4v) is 1.89. The molecule has 0 aromatic carbocycles. The minimum atomic E-state index is -1.75. The van der Waals surface area contributed by atoms with E-state index in [2.05, 4.69) is 0 Å². The van der Waals surface area contributed by atoms with Gasteiger partial charge in [-0.05, 0) is 11.4 Å². The van der Waals surface area contributed by atoms with Crippen molar-refractivity contribution in [1.82, 2.24) is 0 Å². The van der Waals surface area contributed by atoms with Gasteiger partial charge >= 0.3 is 0 Å². The van der Waals surface area contributed by atoms with Crippen molar-refractivity contribution in [2.45, 2.75) is 13.5 Å². The number of hydrogen-bond donors (Lipinski definition) is 0. The van der Waals surface area contributed by atoms with Gasteiger partial charge in [0.15, 0.2) is 8.03 Å². The molecule has 0 saturated heterocycles. The van der Waals surface area contributed by atoms with E-state index in [9.17, 15) is 4.57 Å². The SMILES string of the molecule is CC[PH](=O)OCc1cccs1. The van der Waals surface area contributed by atoms with Crippen LogP contribution in [-0.2, 0) is 15.7 Å². The Kier molecular flexibility index (Phi) is 3.84. The van der Waals surface area contributed by atoms with E-state index in [1.165, 1.54) is 0 Å². The van der Waals surface area contributed by atoms with Gasteiger partial charge < -0.3 is 4.52 Å². The molecule has 0 radical (unpaired) electrons. The van der Waals surface area contributed by atoms with Crippen LogP contribution in [0.3, 0.4) is 0 Å². The van der Waals surface area contributed by atoms with Gasteiger partial charge in [0.25, 0.3) is 0 Å². The molecule has 1 heterocycles. The Morgan fingerprint density at radius 1 is 1.73 bits per heavy atom. The van der Waals surface area contributed by atoms with Crippen molar-refractivity contribution in [1.29, 1.82) is 0 Å². The summed E-state index contributed by atoms with van der Waals surface area (Å²) in [7, 11) is -1.75. The number of thiophene rings is 1. The van der Waals surface area contributed by atoms with Crippen LogP contribution in [0.1, 0.15) is 11.8 Å². The van der Waals surface area contributed by atoms with E-state index in [1.807, 2.05) is 24.4 Å². The molecule has 0 aliphatic heterocycles. The molecule has 1 rings (SSSR count). The molecule has 0 spiro atoms. The second-order valence-corrected chi connectivity index (χ2v) is 4.87. The zero-order valence-electron chi connectivity index (χ0n) is 6.37. The molecule has 0 bridgehead atoms. The predicted molar refractivity (Wildman–Crippen MR) is 48.7 cm³/mol. The summed E-state index contributed by atoms with van der Waals surface area (Å²) in [5.41, 5.74) is 0. The third-order valence-electron chi connectivity index (χ3n) is 1.24. The van der Waals surface area contributed by atoms with E-state index in [4.69, 9.17) is 4.52 Å². The largest absolute Gasteiger partial charge is 0.325 e. The lowest BCUT2D eigenvalue weighted by molar-refractivity contribution is 0.323. The molecule has 1 aromatic rings. The highest BCUT2D eigenvalue weighted by Crippen LogP contribution is 2.24. The summed E-state index contributed by atoms with van der Waals surface area (Å²) in [6, 6.07) is 3.95. The van der Waals surface area contributed by atoms with Crippen LogP contribution in [0.4, 0.5) is 0 Å². The molecular weight excluding hydrogens is 179 g/mol. The van der Waals surface area contributed by atoms with Crippen LogP contribution >= 0.6 is 19.4 Å². The fraction of sp³-hybridized carbons (Fsp3) is 0.429. The molecule has 0 N–H and O–H groups in total. The lowest BCUT2D eigenvalue weighted by atomic mass is 10.5. The minimum Gasteiger partial charge on any atom is -0.325 e. The second kappa shape index (κ2) is 4.70. The highest BCUT2D eigenvalue weighted by molar-refractivity contribution is 7.39. The molecule has 1 atom stereocenters. The van der Waals surface area contributed by atoms with Gasteiger partial charge in [-0.25, -0.2) is 0 Å². The van der Waals surface area contributed by atoms with Gasteiger partial charge in [0.1, 0.15) is 0 Å². The molecule has 62 valence electrons. The first-order valence-electron chi connectivity index (χ1n) is 3.51. The zero-order valence-corrected chi connectivity index (χ0v) is 8.19. The lowest BCUT2D eigenvalue weighted by Gasteiger charge is -1.98. The lowest BCUT2D eigenvalue weighted by Crippen LogP contribution is -1.80. The number of rotatable bonds is 4. The fourth-order valence-electron chi connectivity index (χ4n) is 0.648. The average Bonchev–Trinajstić information content (AvgIpc) is 2.52. The normalized spacial score (nSPS) is 13.2. The molecule has 0 saturated carbocycles. The Bertz CT molecular complexity index is 220. The maximum absolute atomic E-state index is 10.9. The van der Waals surface area contributed by atoms with Gasteiger partial charge in [0, 0.05) is 11.0 Å². The van der Waals surface area contributed by atoms with Crippen LogP contribution in [-0.4, -0.2) is 6.16 Å². The summed E-state index contributed by atoms with van der Waals surface area (Å²) < 4.78 is 16.0. The Morgan fingerprint density at radius 3 is 3.09 bits per heavy atom. The molecule has 1 aromatic heterocycles. The van der Waals surface area contributed by atoms with Crippen molar-refractivity contribution in [3.63, 3.8) is 0 Å². The van der Waals surface area contributed by atoms with Crippen LogP contribution in [0.5, 0.6) is 0 Å². The van der Waals surface area contributed by atoms with Crippen molar-refractivity contribution < 1.29 is 9.09 Å². The van der Waals surface area contributed by atoms with Crippen molar-refractivity contribution >= 4 is 19.4 Å². The molecule has 0 fully saturated rings. The van der Waals surface area contributed by atoms with Crippen LogP contribution in [0.2, 0.25) is 0 Å². The van der Waals surface area contributed by atoms with E-state index in [-0.39, 0.29) is 0 Å². The third-order valence-corrected chi connectivity index (χ3v) is 3.14. The third kappa shape index (κ3) is 3.19. The Morgan fingerprint density at radius 2 is 2.55 bits per heavy atom. The first-order valence-corrected chi connectivity index (χ1v) is 5.91. The van der Waals surface area contributed by atoms with Crippen molar-refractivity contribution in [2.24, 2.45) is 0 Å².